The second-order valence-electron chi connectivity index (χ2n) is 7.26. The highest BCUT2D eigenvalue weighted by Crippen LogP contribution is 2.31. The van der Waals surface area contributed by atoms with E-state index in [1.165, 1.54) is 54.0 Å². The quantitative estimate of drug-likeness (QED) is 0.261. The lowest BCUT2D eigenvalue weighted by molar-refractivity contribution is 0.562. The first-order valence-electron chi connectivity index (χ1n) is 10.0. The Balaban J connectivity index is 2.07. The molecule has 0 N–H and O–H groups in total. The number of benzene rings is 1. The SMILES string of the molecule is C=C=C(CCC(=C)C(CC)N=C/C=C\CF)c1cc2c(cc1C)CCCC2. The third kappa shape index (κ3) is 5.91. The number of fused-ring (bicyclic) bond motifs is 1. The Bertz CT molecular complexity index is 763. The molecule has 1 aliphatic rings. The Morgan fingerprint density at radius 2 is 1.96 bits per heavy atom. The maximum absolute atomic E-state index is 12.1. The Morgan fingerprint density at radius 1 is 1.26 bits per heavy atom. The van der Waals surface area contributed by atoms with Gasteiger partial charge in [-0.1, -0.05) is 43.9 Å². The van der Waals surface area contributed by atoms with Gasteiger partial charge in [-0.3, -0.25) is 4.99 Å². The summed E-state index contributed by atoms with van der Waals surface area (Å²) < 4.78 is 12.1. The van der Waals surface area contributed by atoms with E-state index < -0.39 is 6.67 Å². The second-order valence-corrected chi connectivity index (χ2v) is 7.26. The fourth-order valence-electron chi connectivity index (χ4n) is 3.77. The Labute approximate surface area is 164 Å². The van der Waals surface area contributed by atoms with Gasteiger partial charge in [0.1, 0.15) is 6.67 Å². The van der Waals surface area contributed by atoms with Crippen molar-refractivity contribution in [1.82, 2.24) is 0 Å². The van der Waals surface area contributed by atoms with Crippen molar-refractivity contribution in [3.8, 4) is 0 Å². The molecule has 0 saturated carbocycles. The average Bonchev–Trinajstić information content (AvgIpc) is 2.68. The topological polar surface area (TPSA) is 12.4 Å². The number of aryl methyl sites for hydroxylation is 3. The van der Waals surface area contributed by atoms with E-state index >= 15 is 0 Å². The van der Waals surface area contributed by atoms with Crippen LogP contribution in [0, 0.1) is 6.92 Å². The Morgan fingerprint density at radius 3 is 2.59 bits per heavy atom. The van der Waals surface area contributed by atoms with Crippen molar-refractivity contribution in [2.75, 3.05) is 6.67 Å². The van der Waals surface area contributed by atoms with Crippen LogP contribution in [0.25, 0.3) is 5.57 Å². The smallest absolute Gasteiger partial charge is 0.108 e. The van der Waals surface area contributed by atoms with Crippen LogP contribution in [0.2, 0.25) is 0 Å². The van der Waals surface area contributed by atoms with Crippen LogP contribution in [-0.4, -0.2) is 18.9 Å². The molecular weight excluding hydrogens is 333 g/mol. The van der Waals surface area contributed by atoms with Crippen molar-refractivity contribution in [3.05, 3.63) is 71.0 Å². The molecule has 0 fully saturated rings. The molecule has 2 heteroatoms. The number of alkyl halides is 1. The van der Waals surface area contributed by atoms with Crippen molar-refractivity contribution in [2.45, 2.75) is 64.8 Å². The zero-order valence-corrected chi connectivity index (χ0v) is 16.9. The van der Waals surface area contributed by atoms with Crippen LogP contribution >= 0.6 is 0 Å². The highest BCUT2D eigenvalue weighted by molar-refractivity contribution is 5.71. The molecule has 1 unspecified atom stereocenters. The summed E-state index contributed by atoms with van der Waals surface area (Å²) in [6, 6.07) is 4.79. The Hall–Kier alpha value is -2.18. The highest BCUT2D eigenvalue weighted by atomic mass is 19.1. The summed E-state index contributed by atoms with van der Waals surface area (Å²) in [6.45, 7) is 12.0. The van der Waals surface area contributed by atoms with Gasteiger partial charge in [-0.15, -0.1) is 5.73 Å². The molecule has 0 spiro atoms. The first-order valence-corrected chi connectivity index (χ1v) is 10.0. The molecule has 1 atom stereocenters. The van der Waals surface area contributed by atoms with E-state index in [2.05, 4.69) is 49.9 Å². The summed E-state index contributed by atoms with van der Waals surface area (Å²) in [6.07, 6.45) is 12.4. The lowest BCUT2D eigenvalue weighted by Crippen LogP contribution is -2.07. The minimum absolute atomic E-state index is 0.0740. The van der Waals surface area contributed by atoms with Gasteiger partial charge < -0.3 is 0 Å². The number of nitrogens with zero attached hydrogens (tertiary/aromatic N) is 1. The number of aliphatic imine (C=N–C) groups is 1. The predicted octanol–water partition coefficient (Wildman–Crippen LogP) is 6.75. The molecule has 0 saturated heterocycles. The first-order chi connectivity index (χ1) is 13.1. The average molecular weight is 366 g/mol. The van der Waals surface area contributed by atoms with Crippen LogP contribution in [0.15, 0.2) is 53.7 Å². The Kier molecular flexibility index (Phi) is 8.48. The van der Waals surface area contributed by atoms with Gasteiger partial charge in [0.05, 0.1) is 6.04 Å². The molecule has 0 amide bonds. The number of hydrogen-bond donors (Lipinski definition) is 0. The number of allylic oxidation sites excluding steroid dienone is 3. The zero-order chi connectivity index (χ0) is 19.6. The molecule has 144 valence electrons. The van der Waals surface area contributed by atoms with Gasteiger partial charge in [0.15, 0.2) is 0 Å². The molecular formula is C25H32FN. The number of rotatable bonds is 9. The summed E-state index contributed by atoms with van der Waals surface area (Å²) in [5.41, 5.74) is 11.0. The fourth-order valence-corrected chi connectivity index (χ4v) is 3.77. The van der Waals surface area contributed by atoms with E-state index in [0.29, 0.717) is 0 Å². The zero-order valence-electron chi connectivity index (χ0n) is 16.9. The molecule has 1 aliphatic carbocycles. The van der Waals surface area contributed by atoms with Gasteiger partial charge in [0.25, 0.3) is 0 Å². The molecule has 0 radical (unpaired) electrons. The van der Waals surface area contributed by atoms with Gasteiger partial charge in [0.2, 0.25) is 0 Å². The van der Waals surface area contributed by atoms with Gasteiger partial charge in [0, 0.05) is 11.8 Å². The van der Waals surface area contributed by atoms with Crippen LogP contribution in [0.1, 0.15) is 61.3 Å². The normalized spacial score (nSPS) is 14.9. The minimum Gasteiger partial charge on any atom is -0.285 e. The summed E-state index contributed by atoms with van der Waals surface area (Å²) >= 11 is 0. The second kappa shape index (κ2) is 10.8. The molecule has 0 bridgehead atoms. The minimum atomic E-state index is -0.461. The van der Waals surface area contributed by atoms with Gasteiger partial charge >= 0.3 is 0 Å². The number of halogens is 1. The lowest BCUT2D eigenvalue weighted by atomic mass is 9.85. The molecule has 1 aromatic carbocycles. The van der Waals surface area contributed by atoms with Crippen molar-refractivity contribution in [3.63, 3.8) is 0 Å². The molecule has 1 aromatic rings. The van der Waals surface area contributed by atoms with Crippen LogP contribution in [-0.2, 0) is 12.8 Å². The molecule has 1 nitrogen and oxygen atoms in total. The van der Waals surface area contributed by atoms with E-state index in [4.69, 9.17) is 0 Å². The van der Waals surface area contributed by atoms with E-state index in [1.807, 2.05) is 0 Å². The van der Waals surface area contributed by atoms with Crippen LogP contribution in [0.5, 0.6) is 0 Å². The third-order valence-electron chi connectivity index (χ3n) is 5.36. The molecule has 2 rings (SSSR count). The summed E-state index contributed by atoms with van der Waals surface area (Å²) in [5, 5.41) is 0. The predicted molar refractivity (Wildman–Crippen MR) is 116 cm³/mol. The van der Waals surface area contributed by atoms with E-state index in [0.717, 1.165) is 30.4 Å². The monoisotopic (exact) mass is 365 g/mol. The molecule has 0 aromatic heterocycles. The van der Waals surface area contributed by atoms with E-state index in [1.54, 1.807) is 12.3 Å². The van der Waals surface area contributed by atoms with Crippen molar-refractivity contribution >= 4 is 11.8 Å². The summed E-state index contributed by atoms with van der Waals surface area (Å²) in [4.78, 5) is 4.51. The van der Waals surface area contributed by atoms with Crippen molar-refractivity contribution in [2.24, 2.45) is 4.99 Å². The van der Waals surface area contributed by atoms with Crippen molar-refractivity contribution in [1.29, 1.82) is 0 Å². The molecule has 27 heavy (non-hydrogen) atoms. The van der Waals surface area contributed by atoms with Crippen LogP contribution in [0.4, 0.5) is 4.39 Å². The van der Waals surface area contributed by atoms with Crippen LogP contribution in [0.3, 0.4) is 0 Å². The highest BCUT2D eigenvalue weighted by Gasteiger charge is 2.15. The van der Waals surface area contributed by atoms with E-state index in [-0.39, 0.29) is 6.04 Å². The molecule has 0 heterocycles. The standard InChI is InChI=1S/C25H32FN/c1-5-21(14-13-19(3)25(6-2)27-16-10-9-15-26)24-18-23-12-8-7-11-22(23)17-20(24)4/h9-10,16-18,25H,1,3,6-8,11-15H2,2,4H3/b10-9-,27-16?. The van der Waals surface area contributed by atoms with Gasteiger partial charge in [-0.05, 0) is 80.2 Å². The first kappa shape index (κ1) is 21.1. The summed E-state index contributed by atoms with van der Waals surface area (Å²) in [7, 11) is 0. The van der Waals surface area contributed by atoms with Gasteiger partial charge in [-0.2, -0.15) is 0 Å². The largest absolute Gasteiger partial charge is 0.285 e. The molecule has 0 aliphatic heterocycles. The number of hydrogen-bond acceptors (Lipinski definition) is 1. The maximum atomic E-state index is 12.1. The summed E-state index contributed by atoms with van der Waals surface area (Å²) in [5.74, 6) is 0. The van der Waals surface area contributed by atoms with Gasteiger partial charge in [-0.25, -0.2) is 4.39 Å². The van der Waals surface area contributed by atoms with Crippen LogP contribution < -0.4 is 0 Å². The maximum Gasteiger partial charge on any atom is 0.108 e. The fraction of sp³-hybridized carbons (Fsp3) is 0.440. The lowest BCUT2D eigenvalue weighted by Gasteiger charge is -2.20. The van der Waals surface area contributed by atoms with Crippen molar-refractivity contribution < 1.29 is 4.39 Å². The third-order valence-corrected chi connectivity index (χ3v) is 5.36. The van der Waals surface area contributed by atoms with E-state index in [9.17, 15) is 4.39 Å².